The molecule has 1 amide bonds. The highest BCUT2D eigenvalue weighted by Gasteiger charge is 2.05. The van der Waals surface area contributed by atoms with Gasteiger partial charge in [0.1, 0.15) is 0 Å². The number of carbonyl (C=O) groups is 1. The van der Waals surface area contributed by atoms with Gasteiger partial charge >= 0.3 is 0 Å². The zero-order valence-electron chi connectivity index (χ0n) is 6.30. The first-order valence-corrected chi connectivity index (χ1v) is 3.46. The van der Waals surface area contributed by atoms with Crippen LogP contribution in [0.25, 0.3) is 0 Å². The maximum atomic E-state index is 10.6. The zero-order valence-corrected chi connectivity index (χ0v) is 7.06. The summed E-state index contributed by atoms with van der Waals surface area (Å²) >= 11 is 5.66. The van der Waals surface area contributed by atoms with Crippen LogP contribution >= 0.6 is 11.6 Å². The first-order chi connectivity index (χ1) is 5.13. The zero-order chi connectivity index (χ0) is 8.85. The van der Waals surface area contributed by atoms with Gasteiger partial charge in [0.15, 0.2) is 0 Å². The van der Waals surface area contributed by atoms with E-state index in [4.69, 9.17) is 17.3 Å². The Labute approximate surface area is 71.0 Å². The SMILES string of the molecule is C=C/C=C(Cl)\C(=C/C)C(N)=O. The highest BCUT2D eigenvalue weighted by atomic mass is 35.5. The van der Waals surface area contributed by atoms with E-state index < -0.39 is 5.91 Å². The first kappa shape index (κ1) is 9.98. The molecule has 11 heavy (non-hydrogen) atoms. The molecule has 0 aromatic rings. The number of primary amides is 1. The van der Waals surface area contributed by atoms with Crippen molar-refractivity contribution < 1.29 is 4.79 Å². The van der Waals surface area contributed by atoms with Gasteiger partial charge in [-0.3, -0.25) is 4.79 Å². The lowest BCUT2D eigenvalue weighted by Gasteiger charge is -1.97. The summed E-state index contributed by atoms with van der Waals surface area (Å²) in [6.45, 7) is 5.13. The van der Waals surface area contributed by atoms with Gasteiger partial charge in [-0.05, 0) is 13.0 Å². The molecule has 0 atom stereocenters. The Kier molecular flexibility index (Phi) is 4.30. The molecular weight excluding hydrogens is 162 g/mol. The fourth-order valence-corrected chi connectivity index (χ4v) is 0.882. The predicted octanol–water partition coefficient (Wildman–Crippen LogP) is 1.73. The second-order valence-electron chi connectivity index (χ2n) is 1.82. The number of rotatable bonds is 3. The first-order valence-electron chi connectivity index (χ1n) is 3.08. The van der Waals surface area contributed by atoms with Gasteiger partial charge in [0.05, 0.1) is 10.6 Å². The van der Waals surface area contributed by atoms with E-state index >= 15 is 0 Å². The van der Waals surface area contributed by atoms with Crippen molar-refractivity contribution in [3.63, 3.8) is 0 Å². The number of allylic oxidation sites excluding steroid dienone is 3. The number of nitrogens with two attached hydrogens (primary N) is 1. The third-order valence-electron chi connectivity index (χ3n) is 1.08. The van der Waals surface area contributed by atoms with E-state index in [1.807, 2.05) is 0 Å². The van der Waals surface area contributed by atoms with E-state index in [-0.39, 0.29) is 0 Å². The van der Waals surface area contributed by atoms with Crippen molar-refractivity contribution in [2.75, 3.05) is 0 Å². The lowest BCUT2D eigenvalue weighted by Crippen LogP contribution is -2.13. The van der Waals surface area contributed by atoms with E-state index in [9.17, 15) is 4.79 Å². The monoisotopic (exact) mass is 171 g/mol. The van der Waals surface area contributed by atoms with Gasteiger partial charge in [-0.15, -0.1) is 0 Å². The highest BCUT2D eigenvalue weighted by Crippen LogP contribution is 2.13. The van der Waals surface area contributed by atoms with Gasteiger partial charge in [-0.1, -0.05) is 30.3 Å². The molecule has 60 valence electrons. The summed E-state index contributed by atoms with van der Waals surface area (Å²) in [5, 5.41) is 0.315. The Hall–Kier alpha value is -1.02. The Morgan fingerprint density at radius 2 is 2.18 bits per heavy atom. The largest absolute Gasteiger partial charge is 0.366 e. The molecule has 0 aromatic heterocycles. The van der Waals surface area contributed by atoms with E-state index in [1.54, 1.807) is 13.0 Å². The average molecular weight is 172 g/mol. The normalized spacial score (nSPS) is 12.9. The van der Waals surface area contributed by atoms with Crippen LogP contribution in [0, 0.1) is 0 Å². The van der Waals surface area contributed by atoms with Crippen LogP contribution in [0.3, 0.4) is 0 Å². The number of hydrogen-bond donors (Lipinski definition) is 1. The lowest BCUT2D eigenvalue weighted by molar-refractivity contribution is -0.114. The molecule has 0 aliphatic heterocycles. The molecule has 0 saturated heterocycles. The second kappa shape index (κ2) is 4.74. The molecule has 2 nitrogen and oxygen atoms in total. The molecule has 3 heteroatoms. The molecule has 2 N–H and O–H groups in total. The van der Waals surface area contributed by atoms with Crippen LogP contribution < -0.4 is 5.73 Å². The average Bonchev–Trinajstić information content (AvgIpc) is 1.88. The van der Waals surface area contributed by atoms with Crippen molar-refractivity contribution in [3.05, 3.63) is 35.4 Å². The van der Waals surface area contributed by atoms with Crippen LogP contribution in [0.1, 0.15) is 6.92 Å². The van der Waals surface area contributed by atoms with Gasteiger partial charge in [0.2, 0.25) is 5.91 Å². The third kappa shape index (κ3) is 3.05. The Morgan fingerprint density at radius 1 is 1.64 bits per heavy atom. The molecule has 0 spiro atoms. The van der Waals surface area contributed by atoms with Crippen molar-refractivity contribution in [1.82, 2.24) is 0 Å². The van der Waals surface area contributed by atoms with E-state index in [0.29, 0.717) is 10.6 Å². The highest BCUT2D eigenvalue weighted by molar-refractivity contribution is 6.35. The minimum atomic E-state index is -0.532. The third-order valence-corrected chi connectivity index (χ3v) is 1.41. The second-order valence-corrected chi connectivity index (χ2v) is 2.22. The summed E-state index contributed by atoms with van der Waals surface area (Å²) in [5.74, 6) is -0.532. The summed E-state index contributed by atoms with van der Waals surface area (Å²) in [5.41, 5.74) is 5.32. The lowest BCUT2D eigenvalue weighted by atomic mass is 10.2. The summed E-state index contributed by atoms with van der Waals surface area (Å²) in [4.78, 5) is 10.6. The van der Waals surface area contributed by atoms with Crippen LogP contribution in [0.15, 0.2) is 35.4 Å². The molecule has 0 radical (unpaired) electrons. The molecule has 0 heterocycles. The van der Waals surface area contributed by atoms with E-state index in [2.05, 4.69) is 6.58 Å². The smallest absolute Gasteiger partial charge is 0.249 e. The van der Waals surface area contributed by atoms with Crippen LogP contribution in [-0.2, 0) is 4.79 Å². The van der Waals surface area contributed by atoms with Gasteiger partial charge < -0.3 is 5.73 Å². The minimum Gasteiger partial charge on any atom is -0.366 e. The number of amides is 1. The molecule has 0 saturated carbocycles. The van der Waals surface area contributed by atoms with Gasteiger partial charge in [-0.2, -0.15) is 0 Å². The molecule has 0 aliphatic rings. The van der Waals surface area contributed by atoms with Crippen LogP contribution in [0.2, 0.25) is 0 Å². The number of carbonyl (C=O) groups excluding carboxylic acids is 1. The fourth-order valence-electron chi connectivity index (χ4n) is 0.591. The van der Waals surface area contributed by atoms with Gasteiger partial charge in [0.25, 0.3) is 0 Å². The van der Waals surface area contributed by atoms with Crippen molar-refractivity contribution in [2.45, 2.75) is 6.92 Å². The molecule has 0 aliphatic carbocycles. The maximum Gasteiger partial charge on any atom is 0.249 e. The molecule has 0 aromatic carbocycles. The molecule has 0 bridgehead atoms. The van der Waals surface area contributed by atoms with Crippen molar-refractivity contribution in [1.29, 1.82) is 0 Å². The summed E-state index contributed by atoms with van der Waals surface area (Å²) in [6, 6.07) is 0. The minimum absolute atomic E-state index is 0.312. The van der Waals surface area contributed by atoms with Crippen molar-refractivity contribution in [2.24, 2.45) is 5.73 Å². The number of halogens is 1. The predicted molar refractivity (Wildman–Crippen MR) is 47.1 cm³/mol. The van der Waals surface area contributed by atoms with Gasteiger partial charge in [0, 0.05) is 0 Å². The van der Waals surface area contributed by atoms with Crippen LogP contribution in [0.4, 0.5) is 0 Å². The van der Waals surface area contributed by atoms with E-state index in [1.165, 1.54) is 12.2 Å². The Morgan fingerprint density at radius 3 is 2.45 bits per heavy atom. The molecular formula is C8H10ClNO. The standard InChI is InChI=1S/C8H10ClNO/c1-3-5-7(9)6(4-2)8(10)11/h3-5H,1H2,2H3,(H2,10,11)/b6-4+,7-5+. The summed E-state index contributed by atoms with van der Waals surface area (Å²) in [6.07, 6.45) is 4.57. The summed E-state index contributed by atoms with van der Waals surface area (Å²) in [7, 11) is 0. The van der Waals surface area contributed by atoms with Crippen molar-refractivity contribution in [3.8, 4) is 0 Å². The van der Waals surface area contributed by atoms with Crippen LogP contribution in [-0.4, -0.2) is 5.91 Å². The molecule has 0 unspecified atom stereocenters. The van der Waals surface area contributed by atoms with E-state index in [0.717, 1.165) is 0 Å². The topological polar surface area (TPSA) is 43.1 Å². The summed E-state index contributed by atoms with van der Waals surface area (Å²) < 4.78 is 0. The van der Waals surface area contributed by atoms with Gasteiger partial charge in [-0.25, -0.2) is 0 Å². The molecule has 0 fully saturated rings. The Balaban J connectivity index is 4.67. The quantitative estimate of drug-likeness (QED) is 0.510. The van der Waals surface area contributed by atoms with Crippen molar-refractivity contribution >= 4 is 17.5 Å². The van der Waals surface area contributed by atoms with Crippen LogP contribution in [0.5, 0.6) is 0 Å². The fraction of sp³-hybridized carbons (Fsp3) is 0.125. The maximum absolute atomic E-state index is 10.6. The molecule has 0 rings (SSSR count). The number of hydrogen-bond acceptors (Lipinski definition) is 1. The Bertz CT molecular complexity index is 228.